The van der Waals surface area contributed by atoms with Crippen molar-refractivity contribution in [3.05, 3.63) is 39.4 Å². The maximum Gasteiger partial charge on any atom is 0.272 e. The van der Waals surface area contributed by atoms with Crippen LogP contribution in [0.5, 0.6) is 0 Å². The summed E-state index contributed by atoms with van der Waals surface area (Å²) in [4.78, 5) is 22.7. The monoisotopic (exact) mass is 292 g/mol. The number of aryl methyl sites for hydroxylation is 1. The Morgan fingerprint density at radius 2 is 2.19 bits per heavy atom. The number of aliphatic hydroxyl groups excluding tert-OH is 1. The summed E-state index contributed by atoms with van der Waals surface area (Å²) in [6.45, 7) is 3.47. The highest BCUT2D eigenvalue weighted by Gasteiger charge is 2.32. The molecule has 1 aromatic carbocycles. The second kappa shape index (κ2) is 6.22. The largest absolute Gasteiger partial charge is 0.392 e. The number of benzene rings is 1. The predicted octanol–water partition coefficient (Wildman–Crippen LogP) is 2.24. The molecule has 0 spiro atoms. The Morgan fingerprint density at radius 1 is 1.48 bits per heavy atom. The lowest BCUT2D eigenvalue weighted by Gasteiger charge is -2.19. The summed E-state index contributed by atoms with van der Waals surface area (Å²) in [6, 6.07) is 4.62. The van der Waals surface area contributed by atoms with Gasteiger partial charge in [-0.3, -0.25) is 14.9 Å². The molecule has 1 aromatic rings. The number of nitrogens with one attached hydrogen (secondary N) is 1. The van der Waals surface area contributed by atoms with E-state index in [9.17, 15) is 20.0 Å². The van der Waals surface area contributed by atoms with Gasteiger partial charge < -0.3 is 10.4 Å². The number of carbonyl (C=O) groups is 1. The average molecular weight is 292 g/mol. The number of hydrogen-bond donors (Lipinski definition) is 2. The van der Waals surface area contributed by atoms with Gasteiger partial charge in [-0.25, -0.2) is 0 Å². The van der Waals surface area contributed by atoms with Gasteiger partial charge in [-0.05, 0) is 38.7 Å². The first-order chi connectivity index (χ1) is 9.90. The normalized spacial score (nSPS) is 22.8. The van der Waals surface area contributed by atoms with Gasteiger partial charge in [0.1, 0.15) is 0 Å². The molecule has 2 N–H and O–H groups in total. The van der Waals surface area contributed by atoms with E-state index in [0.29, 0.717) is 24.0 Å². The van der Waals surface area contributed by atoms with Crippen molar-refractivity contribution in [2.75, 3.05) is 0 Å². The molecule has 6 heteroatoms. The van der Waals surface area contributed by atoms with E-state index in [1.807, 2.05) is 0 Å². The van der Waals surface area contributed by atoms with Crippen LogP contribution in [0, 0.1) is 23.0 Å². The van der Waals surface area contributed by atoms with Gasteiger partial charge in [-0.2, -0.15) is 0 Å². The number of nitro groups is 1. The quantitative estimate of drug-likeness (QED) is 0.657. The molecule has 0 radical (unpaired) electrons. The molecule has 3 unspecified atom stereocenters. The van der Waals surface area contributed by atoms with E-state index in [1.54, 1.807) is 26.0 Å². The third-order valence-corrected chi connectivity index (χ3v) is 4.10. The number of nitro benzene ring substituents is 1. The molecular weight excluding hydrogens is 272 g/mol. The molecule has 0 heterocycles. The van der Waals surface area contributed by atoms with Gasteiger partial charge in [-0.15, -0.1) is 0 Å². The highest BCUT2D eigenvalue weighted by molar-refractivity contribution is 5.80. The summed E-state index contributed by atoms with van der Waals surface area (Å²) in [6.07, 6.45) is 1.62. The van der Waals surface area contributed by atoms with Crippen molar-refractivity contribution in [1.82, 2.24) is 5.32 Å². The maximum absolute atomic E-state index is 12.1. The second-order valence-corrected chi connectivity index (χ2v) is 5.64. The zero-order valence-corrected chi connectivity index (χ0v) is 12.2. The van der Waals surface area contributed by atoms with Crippen LogP contribution < -0.4 is 5.32 Å². The van der Waals surface area contributed by atoms with Gasteiger partial charge in [0.2, 0.25) is 5.91 Å². The SMILES string of the molecule is Cc1ccc(C(C)NC(=O)C2CCCC2O)cc1[N+](=O)[O-]. The number of rotatable bonds is 4. The standard InChI is InChI=1S/C15H20N2O4/c1-9-6-7-11(8-13(9)17(20)21)10(2)16-15(19)12-4-3-5-14(12)18/h6-8,10,12,14,18H,3-5H2,1-2H3,(H,16,19). The number of amides is 1. The Labute approximate surface area is 123 Å². The van der Waals surface area contributed by atoms with Crippen molar-refractivity contribution in [3.63, 3.8) is 0 Å². The molecule has 21 heavy (non-hydrogen) atoms. The Hall–Kier alpha value is -1.95. The Kier molecular flexibility index (Phi) is 4.57. The molecule has 114 valence electrons. The molecule has 0 bridgehead atoms. The highest BCUT2D eigenvalue weighted by atomic mass is 16.6. The fourth-order valence-corrected chi connectivity index (χ4v) is 2.74. The van der Waals surface area contributed by atoms with Crippen molar-refractivity contribution < 1.29 is 14.8 Å². The van der Waals surface area contributed by atoms with E-state index in [1.165, 1.54) is 6.07 Å². The van der Waals surface area contributed by atoms with E-state index < -0.39 is 11.0 Å². The minimum absolute atomic E-state index is 0.0505. The lowest BCUT2D eigenvalue weighted by atomic mass is 10.0. The minimum Gasteiger partial charge on any atom is -0.392 e. The van der Waals surface area contributed by atoms with Crippen LogP contribution in [0.25, 0.3) is 0 Å². The first-order valence-corrected chi connectivity index (χ1v) is 7.13. The third-order valence-electron chi connectivity index (χ3n) is 4.10. The molecule has 1 aliphatic rings. The fraction of sp³-hybridized carbons (Fsp3) is 0.533. The second-order valence-electron chi connectivity index (χ2n) is 5.64. The molecule has 0 aromatic heterocycles. The third kappa shape index (κ3) is 3.39. The summed E-state index contributed by atoms with van der Waals surface area (Å²) in [5, 5.41) is 23.5. The number of hydrogen-bond acceptors (Lipinski definition) is 4. The van der Waals surface area contributed by atoms with Crippen molar-refractivity contribution in [2.24, 2.45) is 5.92 Å². The summed E-state index contributed by atoms with van der Waals surface area (Å²) >= 11 is 0. The van der Waals surface area contributed by atoms with Gasteiger partial charge in [0.25, 0.3) is 5.69 Å². The molecule has 6 nitrogen and oxygen atoms in total. The lowest BCUT2D eigenvalue weighted by molar-refractivity contribution is -0.385. The molecular formula is C15H20N2O4. The van der Waals surface area contributed by atoms with Crippen LogP contribution in [0.3, 0.4) is 0 Å². The van der Waals surface area contributed by atoms with Crippen LogP contribution in [0.2, 0.25) is 0 Å². The highest BCUT2D eigenvalue weighted by Crippen LogP contribution is 2.27. The van der Waals surface area contributed by atoms with E-state index in [0.717, 1.165) is 6.42 Å². The average Bonchev–Trinajstić information content (AvgIpc) is 2.85. The fourth-order valence-electron chi connectivity index (χ4n) is 2.74. The number of nitrogens with zero attached hydrogens (tertiary/aromatic N) is 1. The Bertz CT molecular complexity index is 559. The zero-order valence-electron chi connectivity index (χ0n) is 12.2. The van der Waals surface area contributed by atoms with Crippen LogP contribution >= 0.6 is 0 Å². The van der Waals surface area contributed by atoms with Crippen molar-refractivity contribution in [1.29, 1.82) is 0 Å². The molecule has 1 aliphatic carbocycles. The van der Waals surface area contributed by atoms with Crippen molar-refractivity contribution in [3.8, 4) is 0 Å². The number of carbonyl (C=O) groups excluding carboxylic acids is 1. The summed E-state index contributed by atoms with van der Waals surface area (Å²) in [7, 11) is 0. The van der Waals surface area contributed by atoms with Gasteiger partial charge >= 0.3 is 0 Å². The first-order valence-electron chi connectivity index (χ1n) is 7.13. The zero-order chi connectivity index (χ0) is 15.6. The number of aliphatic hydroxyl groups is 1. The van der Waals surface area contributed by atoms with Crippen LogP contribution in [0.4, 0.5) is 5.69 Å². The first kappa shape index (κ1) is 15.4. The molecule has 1 saturated carbocycles. The van der Waals surface area contributed by atoms with E-state index in [2.05, 4.69) is 5.32 Å². The van der Waals surface area contributed by atoms with Gasteiger partial charge in [0.05, 0.1) is 23.0 Å². The van der Waals surface area contributed by atoms with Crippen LogP contribution in [-0.4, -0.2) is 22.0 Å². The van der Waals surface area contributed by atoms with Crippen molar-refractivity contribution in [2.45, 2.75) is 45.3 Å². The van der Waals surface area contributed by atoms with Gasteiger partial charge in [0.15, 0.2) is 0 Å². The lowest BCUT2D eigenvalue weighted by Crippen LogP contribution is -2.36. The summed E-state index contributed by atoms with van der Waals surface area (Å²) < 4.78 is 0. The Balaban J connectivity index is 2.09. The van der Waals surface area contributed by atoms with E-state index in [-0.39, 0.29) is 23.6 Å². The molecule has 1 fully saturated rings. The van der Waals surface area contributed by atoms with Crippen LogP contribution in [-0.2, 0) is 4.79 Å². The summed E-state index contributed by atoms with van der Waals surface area (Å²) in [5.74, 6) is -0.552. The van der Waals surface area contributed by atoms with E-state index >= 15 is 0 Å². The maximum atomic E-state index is 12.1. The molecule has 3 atom stereocenters. The van der Waals surface area contributed by atoms with Crippen LogP contribution in [0.1, 0.15) is 43.4 Å². The minimum atomic E-state index is -0.579. The topological polar surface area (TPSA) is 92.5 Å². The van der Waals surface area contributed by atoms with Gasteiger partial charge in [-0.1, -0.05) is 12.1 Å². The van der Waals surface area contributed by atoms with Crippen molar-refractivity contribution >= 4 is 11.6 Å². The molecule has 0 aliphatic heterocycles. The molecule has 0 saturated heterocycles. The smallest absolute Gasteiger partial charge is 0.272 e. The summed E-state index contributed by atoms with van der Waals surface area (Å²) in [5.41, 5.74) is 1.33. The molecule has 2 rings (SSSR count). The van der Waals surface area contributed by atoms with E-state index in [4.69, 9.17) is 0 Å². The molecule has 1 amide bonds. The van der Waals surface area contributed by atoms with Gasteiger partial charge in [0, 0.05) is 11.6 Å². The Morgan fingerprint density at radius 3 is 2.76 bits per heavy atom. The van der Waals surface area contributed by atoms with Crippen LogP contribution in [0.15, 0.2) is 18.2 Å². The predicted molar refractivity (Wildman–Crippen MR) is 77.7 cm³/mol.